The van der Waals surface area contributed by atoms with Crippen LogP contribution in [0.3, 0.4) is 0 Å². The van der Waals surface area contributed by atoms with E-state index in [2.05, 4.69) is 33.7 Å². The fourth-order valence-corrected chi connectivity index (χ4v) is 2.85. The van der Waals surface area contributed by atoms with Gasteiger partial charge in [-0.25, -0.2) is 0 Å². The second-order valence-electron chi connectivity index (χ2n) is 5.88. The van der Waals surface area contributed by atoms with Crippen molar-refractivity contribution >= 4 is 17.8 Å². The van der Waals surface area contributed by atoms with Gasteiger partial charge in [-0.05, 0) is 18.3 Å². The lowest BCUT2D eigenvalue weighted by Gasteiger charge is -2.41. The van der Waals surface area contributed by atoms with E-state index in [4.69, 9.17) is 5.73 Å². The van der Waals surface area contributed by atoms with Crippen molar-refractivity contribution in [1.29, 1.82) is 0 Å². The highest BCUT2D eigenvalue weighted by Gasteiger charge is 2.32. The molecule has 1 aliphatic rings. The Hall–Kier alpha value is -1.59. The summed E-state index contributed by atoms with van der Waals surface area (Å²) in [5, 5.41) is 0. The molecule has 0 amide bonds. The molecule has 1 saturated heterocycles. The predicted molar refractivity (Wildman–Crippen MR) is 83.0 cm³/mol. The van der Waals surface area contributed by atoms with Gasteiger partial charge in [0.15, 0.2) is 0 Å². The number of piperidine rings is 1. The van der Waals surface area contributed by atoms with Gasteiger partial charge in [0.25, 0.3) is 0 Å². The molecule has 112 valence electrons. The summed E-state index contributed by atoms with van der Waals surface area (Å²) in [6.45, 7) is 6.59. The summed E-state index contributed by atoms with van der Waals surface area (Å²) in [6.07, 6.45) is 4.89. The number of nitrogens with two attached hydrogens (primary N) is 1. The van der Waals surface area contributed by atoms with Crippen LogP contribution >= 0.6 is 0 Å². The number of hydrogen-bond donors (Lipinski definition) is 1. The molecule has 2 rings (SSSR count). The molecule has 0 atom stereocenters. The summed E-state index contributed by atoms with van der Waals surface area (Å²) in [5.74, 6) is 1.62. The van der Waals surface area contributed by atoms with Crippen LogP contribution in [0.5, 0.6) is 0 Å². The van der Waals surface area contributed by atoms with E-state index < -0.39 is 0 Å². The lowest BCUT2D eigenvalue weighted by Crippen LogP contribution is -2.40. The second-order valence-corrected chi connectivity index (χ2v) is 5.88. The quantitative estimate of drug-likeness (QED) is 0.907. The number of aromatic nitrogens is 3. The molecular formula is C14H26N6. The average Bonchev–Trinajstić information content (AvgIpc) is 2.46. The zero-order valence-electron chi connectivity index (χ0n) is 13.1. The van der Waals surface area contributed by atoms with Crippen LogP contribution in [-0.4, -0.2) is 42.1 Å². The maximum atomic E-state index is 5.79. The third kappa shape index (κ3) is 2.94. The molecule has 1 aliphatic heterocycles. The van der Waals surface area contributed by atoms with Gasteiger partial charge in [-0.1, -0.05) is 26.7 Å². The van der Waals surface area contributed by atoms with E-state index in [1.807, 2.05) is 19.0 Å². The molecule has 2 heterocycles. The highest BCUT2D eigenvalue weighted by atomic mass is 15.3. The summed E-state index contributed by atoms with van der Waals surface area (Å²) >= 11 is 0. The first-order valence-electron chi connectivity index (χ1n) is 7.43. The van der Waals surface area contributed by atoms with Gasteiger partial charge >= 0.3 is 0 Å². The van der Waals surface area contributed by atoms with Gasteiger partial charge in [-0.2, -0.15) is 15.0 Å². The van der Waals surface area contributed by atoms with E-state index in [-0.39, 0.29) is 0 Å². The molecule has 0 bridgehead atoms. The average molecular weight is 278 g/mol. The first-order valence-corrected chi connectivity index (χ1v) is 7.43. The number of nitrogen functional groups attached to an aromatic ring is 1. The maximum absolute atomic E-state index is 5.79. The molecule has 20 heavy (non-hydrogen) atoms. The third-order valence-corrected chi connectivity index (χ3v) is 4.64. The lowest BCUT2D eigenvalue weighted by atomic mass is 9.74. The summed E-state index contributed by atoms with van der Waals surface area (Å²) in [4.78, 5) is 17.0. The maximum Gasteiger partial charge on any atom is 0.231 e. The largest absolute Gasteiger partial charge is 0.368 e. The number of anilines is 3. The Balaban J connectivity index is 2.14. The Bertz CT molecular complexity index is 445. The third-order valence-electron chi connectivity index (χ3n) is 4.64. The van der Waals surface area contributed by atoms with E-state index in [0.29, 0.717) is 23.3 Å². The van der Waals surface area contributed by atoms with Crippen molar-refractivity contribution in [3.05, 3.63) is 0 Å². The van der Waals surface area contributed by atoms with Crippen molar-refractivity contribution in [3.63, 3.8) is 0 Å². The molecule has 2 N–H and O–H groups in total. The summed E-state index contributed by atoms with van der Waals surface area (Å²) in [5.41, 5.74) is 6.29. The molecule has 6 nitrogen and oxygen atoms in total. The molecule has 0 unspecified atom stereocenters. The molecule has 6 heteroatoms. The normalized spacial score (nSPS) is 18.1. The molecule has 1 aromatic heterocycles. The summed E-state index contributed by atoms with van der Waals surface area (Å²) in [6, 6.07) is 0. The van der Waals surface area contributed by atoms with Crippen LogP contribution < -0.4 is 15.5 Å². The van der Waals surface area contributed by atoms with Gasteiger partial charge < -0.3 is 15.5 Å². The minimum atomic E-state index is 0.293. The summed E-state index contributed by atoms with van der Waals surface area (Å²) < 4.78 is 0. The van der Waals surface area contributed by atoms with Crippen LogP contribution in [0.25, 0.3) is 0 Å². The fraction of sp³-hybridized carbons (Fsp3) is 0.786. The molecular weight excluding hydrogens is 252 g/mol. The van der Waals surface area contributed by atoms with Crippen molar-refractivity contribution < 1.29 is 0 Å². The number of hydrogen-bond acceptors (Lipinski definition) is 6. The molecule has 1 aromatic rings. The van der Waals surface area contributed by atoms with E-state index in [1.165, 1.54) is 25.7 Å². The SMILES string of the molecule is CCC1(CC)CCN(c2nc(N)nc(N(C)C)n2)CC1. The van der Waals surface area contributed by atoms with Crippen LogP contribution in [-0.2, 0) is 0 Å². The summed E-state index contributed by atoms with van der Waals surface area (Å²) in [7, 11) is 3.82. The molecule has 0 spiro atoms. The highest BCUT2D eigenvalue weighted by molar-refractivity contribution is 5.43. The molecule has 0 saturated carbocycles. The van der Waals surface area contributed by atoms with Gasteiger partial charge in [0.2, 0.25) is 17.8 Å². The second kappa shape index (κ2) is 5.81. The van der Waals surface area contributed by atoms with Gasteiger partial charge in [0, 0.05) is 27.2 Å². The number of rotatable bonds is 4. The lowest BCUT2D eigenvalue weighted by molar-refractivity contribution is 0.199. The van der Waals surface area contributed by atoms with E-state index in [1.54, 1.807) is 0 Å². The Morgan fingerprint density at radius 2 is 1.70 bits per heavy atom. The van der Waals surface area contributed by atoms with Gasteiger partial charge in [0.05, 0.1) is 0 Å². The minimum Gasteiger partial charge on any atom is -0.368 e. The van der Waals surface area contributed by atoms with Crippen molar-refractivity contribution in [2.45, 2.75) is 39.5 Å². The standard InChI is InChI=1S/C14H26N6/c1-5-14(6-2)7-9-20(10-8-14)13-17-11(15)16-12(18-13)19(3)4/h5-10H2,1-4H3,(H2,15,16,17,18). The van der Waals surface area contributed by atoms with Gasteiger partial charge in [-0.3, -0.25) is 0 Å². The fourth-order valence-electron chi connectivity index (χ4n) is 2.85. The van der Waals surface area contributed by atoms with Crippen LogP contribution in [0, 0.1) is 5.41 Å². The van der Waals surface area contributed by atoms with Crippen LogP contribution in [0.15, 0.2) is 0 Å². The van der Waals surface area contributed by atoms with E-state index in [9.17, 15) is 0 Å². The van der Waals surface area contributed by atoms with Crippen LogP contribution in [0.1, 0.15) is 39.5 Å². The first-order chi connectivity index (χ1) is 9.49. The van der Waals surface area contributed by atoms with Crippen molar-refractivity contribution in [3.8, 4) is 0 Å². The predicted octanol–water partition coefficient (Wildman–Crippen LogP) is 1.93. The van der Waals surface area contributed by atoms with E-state index >= 15 is 0 Å². The zero-order valence-corrected chi connectivity index (χ0v) is 13.1. The monoisotopic (exact) mass is 278 g/mol. The molecule has 0 aliphatic carbocycles. The van der Waals surface area contributed by atoms with Crippen molar-refractivity contribution in [2.24, 2.45) is 5.41 Å². The van der Waals surface area contributed by atoms with Crippen LogP contribution in [0.2, 0.25) is 0 Å². The Morgan fingerprint density at radius 3 is 2.20 bits per heavy atom. The Morgan fingerprint density at radius 1 is 1.10 bits per heavy atom. The topological polar surface area (TPSA) is 71.2 Å². The van der Waals surface area contributed by atoms with Crippen LogP contribution in [0.4, 0.5) is 17.8 Å². The molecule has 1 fully saturated rings. The smallest absolute Gasteiger partial charge is 0.231 e. The van der Waals surface area contributed by atoms with Gasteiger partial charge in [0.1, 0.15) is 0 Å². The highest BCUT2D eigenvalue weighted by Crippen LogP contribution is 2.38. The van der Waals surface area contributed by atoms with Crippen molar-refractivity contribution in [2.75, 3.05) is 42.7 Å². The molecule has 0 radical (unpaired) electrons. The number of nitrogens with zero attached hydrogens (tertiary/aromatic N) is 5. The first kappa shape index (κ1) is 14.8. The minimum absolute atomic E-state index is 0.293. The Kier molecular flexibility index (Phi) is 4.30. The molecule has 0 aromatic carbocycles. The van der Waals surface area contributed by atoms with E-state index in [0.717, 1.165) is 13.1 Å². The Labute approximate surface area is 121 Å². The van der Waals surface area contributed by atoms with Gasteiger partial charge in [-0.15, -0.1) is 0 Å². The zero-order chi connectivity index (χ0) is 14.8. The van der Waals surface area contributed by atoms with Crippen molar-refractivity contribution in [1.82, 2.24) is 15.0 Å².